The molecule has 1 rings (SSSR count). The second kappa shape index (κ2) is 9.22. The van der Waals surface area contributed by atoms with Crippen LogP contribution in [-0.2, 0) is 16.0 Å². The number of nitrogens with one attached hydrogen (secondary N) is 2. The summed E-state index contributed by atoms with van der Waals surface area (Å²) in [5.41, 5.74) is 0.0853. The normalized spacial score (nSPS) is 12.5. The number of aryl methyl sites for hydroxylation is 1. The van der Waals surface area contributed by atoms with Crippen molar-refractivity contribution in [1.82, 2.24) is 15.6 Å². The molecule has 0 bridgehead atoms. The van der Waals surface area contributed by atoms with E-state index in [1.54, 1.807) is 26.2 Å². The molecule has 0 saturated heterocycles. The van der Waals surface area contributed by atoms with Crippen molar-refractivity contribution in [3.05, 3.63) is 30.1 Å². The molecule has 0 aliphatic heterocycles. The number of aromatic nitrogens is 1. The van der Waals surface area contributed by atoms with Crippen LogP contribution in [-0.4, -0.2) is 52.8 Å². The Bertz CT molecular complexity index is 505. The van der Waals surface area contributed by atoms with Crippen LogP contribution in [0, 0.1) is 5.41 Å². The zero-order valence-electron chi connectivity index (χ0n) is 13.6. The van der Waals surface area contributed by atoms with Gasteiger partial charge in [-0.3, -0.25) is 14.6 Å². The molecular formula is C16H25N3O4. The van der Waals surface area contributed by atoms with Crippen LogP contribution in [0.25, 0.3) is 0 Å². The van der Waals surface area contributed by atoms with Crippen molar-refractivity contribution in [2.75, 3.05) is 19.7 Å². The highest BCUT2D eigenvalue weighted by Crippen LogP contribution is 2.19. The predicted octanol–water partition coefficient (Wildman–Crippen LogP) is -0.374. The van der Waals surface area contributed by atoms with Crippen molar-refractivity contribution in [2.24, 2.45) is 5.41 Å². The summed E-state index contributed by atoms with van der Waals surface area (Å²) in [5.74, 6) is -0.673. The standard InChI is InChI=1S/C16H25N3O4/c1-16(2,11-20)14(22)15(23)19-9-8-18-13(21)6-5-12-4-3-7-17-10-12/h3-4,7,10,14,20,22H,5-6,8-9,11H2,1-2H3,(H,18,21)(H,19,23)/t14-/m0/s1. The van der Waals surface area contributed by atoms with Gasteiger partial charge in [-0.05, 0) is 18.1 Å². The first-order valence-electron chi connectivity index (χ1n) is 7.59. The van der Waals surface area contributed by atoms with E-state index < -0.39 is 17.4 Å². The number of hydrogen-bond acceptors (Lipinski definition) is 5. The number of hydrogen-bond donors (Lipinski definition) is 4. The molecule has 0 aliphatic carbocycles. The summed E-state index contributed by atoms with van der Waals surface area (Å²) in [7, 11) is 0. The number of nitrogens with zero attached hydrogens (tertiary/aromatic N) is 1. The van der Waals surface area contributed by atoms with Crippen molar-refractivity contribution in [2.45, 2.75) is 32.8 Å². The summed E-state index contributed by atoms with van der Waals surface area (Å²) >= 11 is 0. The Labute approximate surface area is 136 Å². The molecule has 1 aromatic rings. The second-order valence-corrected chi connectivity index (χ2v) is 6.05. The van der Waals surface area contributed by atoms with Crippen LogP contribution in [0.15, 0.2) is 24.5 Å². The van der Waals surface area contributed by atoms with Gasteiger partial charge in [0.2, 0.25) is 11.8 Å². The number of aliphatic hydroxyl groups is 2. The topological polar surface area (TPSA) is 112 Å². The van der Waals surface area contributed by atoms with Crippen molar-refractivity contribution >= 4 is 11.8 Å². The molecular weight excluding hydrogens is 298 g/mol. The van der Waals surface area contributed by atoms with Crippen molar-refractivity contribution < 1.29 is 19.8 Å². The summed E-state index contributed by atoms with van der Waals surface area (Å²) in [6, 6.07) is 3.73. The van der Waals surface area contributed by atoms with Crippen molar-refractivity contribution in [1.29, 1.82) is 0 Å². The fraction of sp³-hybridized carbons (Fsp3) is 0.562. The molecule has 7 nitrogen and oxygen atoms in total. The molecule has 128 valence electrons. The number of aliphatic hydroxyl groups excluding tert-OH is 2. The number of rotatable bonds is 9. The van der Waals surface area contributed by atoms with E-state index in [1.165, 1.54) is 0 Å². The second-order valence-electron chi connectivity index (χ2n) is 6.05. The zero-order chi connectivity index (χ0) is 17.3. The largest absolute Gasteiger partial charge is 0.396 e. The molecule has 0 radical (unpaired) electrons. The first kappa shape index (κ1) is 19.1. The Morgan fingerprint density at radius 1 is 1.30 bits per heavy atom. The number of carbonyl (C=O) groups excluding carboxylic acids is 2. The Morgan fingerprint density at radius 2 is 2.00 bits per heavy atom. The third-order valence-electron chi connectivity index (χ3n) is 3.51. The van der Waals surface area contributed by atoms with Gasteiger partial charge in [-0.2, -0.15) is 0 Å². The number of amides is 2. The van der Waals surface area contributed by atoms with E-state index >= 15 is 0 Å². The molecule has 0 saturated carbocycles. The summed E-state index contributed by atoms with van der Waals surface area (Å²) < 4.78 is 0. The molecule has 2 amide bonds. The van der Waals surface area contributed by atoms with Crippen LogP contribution in [0.1, 0.15) is 25.8 Å². The van der Waals surface area contributed by atoms with E-state index in [4.69, 9.17) is 5.11 Å². The van der Waals surface area contributed by atoms with Gasteiger partial charge in [-0.25, -0.2) is 0 Å². The molecule has 4 N–H and O–H groups in total. The Balaban J connectivity index is 2.19. The zero-order valence-corrected chi connectivity index (χ0v) is 13.6. The van der Waals surface area contributed by atoms with E-state index in [9.17, 15) is 14.7 Å². The van der Waals surface area contributed by atoms with E-state index in [2.05, 4.69) is 15.6 Å². The summed E-state index contributed by atoms with van der Waals surface area (Å²) in [4.78, 5) is 27.4. The Morgan fingerprint density at radius 3 is 2.61 bits per heavy atom. The molecule has 0 unspecified atom stereocenters. The van der Waals surface area contributed by atoms with Gasteiger partial charge < -0.3 is 20.8 Å². The number of carbonyl (C=O) groups is 2. The highest BCUT2D eigenvalue weighted by atomic mass is 16.3. The molecule has 23 heavy (non-hydrogen) atoms. The minimum Gasteiger partial charge on any atom is -0.396 e. The maximum atomic E-state index is 11.7. The highest BCUT2D eigenvalue weighted by Gasteiger charge is 2.32. The lowest BCUT2D eigenvalue weighted by molar-refractivity contribution is -0.137. The Hall–Kier alpha value is -1.99. The monoisotopic (exact) mass is 323 g/mol. The molecule has 0 fully saturated rings. The van der Waals surface area contributed by atoms with Gasteiger partial charge in [0.05, 0.1) is 6.61 Å². The molecule has 0 aliphatic rings. The van der Waals surface area contributed by atoms with Crippen LogP contribution in [0.5, 0.6) is 0 Å². The molecule has 7 heteroatoms. The maximum absolute atomic E-state index is 11.7. The van der Waals surface area contributed by atoms with Gasteiger partial charge in [0, 0.05) is 37.3 Å². The van der Waals surface area contributed by atoms with Gasteiger partial charge in [-0.1, -0.05) is 19.9 Å². The van der Waals surface area contributed by atoms with E-state index in [0.29, 0.717) is 12.8 Å². The average molecular weight is 323 g/mol. The average Bonchev–Trinajstić information content (AvgIpc) is 2.56. The third-order valence-corrected chi connectivity index (χ3v) is 3.51. The van der Waals surface area contributed by atoms with Gasteiger partial charge in [0.15, 0.2) is 0 Å². The molecule has 1 atom stereocenters. The lowest BCUT2D eigenvalue weighted by Crippen LogP contribution is -2.47. The summed E-state index contributed by atoms with van der Waals surface area (Å²) in [5, 5.41) is 24.1. The van der Waals surface area contributed by atoms with Crippen LogP contribution >= 0.6 is 0 Å². The van der Waals surface area contributed by atoms with Crippen LogP contribution in [0.4, 0.5) is 0 Å². The van der Waals surface area contributed by atoms with Gasteiger partial charge in [-0.15, -0.1) is 0 Å². The maximum Gasteiger partial charge on any atom is 0.249 e. The van der Waals surface area contributed by atoms with E-state index in [0.717, 1.165) is 5.56 Å². The van der Waals surface area contributed by atoms with Gasteiger partial charge in [0.1, 0.15) is 6.10 Å². The SMILES string of the molecule is CC(C)(CO)[C@@H](O)C(=O)NCCNC(=O)CCc1cccnc1. The molecule has 1 heterocycles. The fourth-order valence-corrected chi connectivity index (χ4v) is 1.82. The lowest BCUT2D eigenvalue weighted by atomic mass is 9.87. The quantitative estimate of drug-likeness (QED) is 0.463. The van der Waals surface area contributed by atoms with Crippen LogP contribution in [0.3, 0.4) is 0 Å². The highest BCUT2D eigenvalue weighted by molar-refractivity contribution is 5.81. The first-order chi connectivity index (χ1) is 10.9. The van der Waals surface area contributed by atoms with Crippen molar-refractivity contribution in [3.8, 4) is 0 Å². The minimum absolute atomic E-state index is 0.112. The molecule has 0 spiro atoms. The van der Waals surface area contributed by atoms with Gasteiger partial charge in [0.25, 0.3) is 0 Å². The molecule has 1 aromatic heterocycles. The first-order valence-corrected chi connectivity index (χ1v) is 7.59. The third kappa shape index (κ3) is 6.75. The van der Waals surface area contributed by atoms with Crippen LogP contribution < -0.4 is 10.6 Å². The van der Waals surface area contributed by atoms with E-state index in [-0.39, 0.29) is 25.6 Å². The smallest absolute Gasteiger partial charge is 0.249 e. The summed E-state index contributed by atoms with van der Waals surface area (Å²) in [6.07, 6.45) is 3.06. The van der Waals surface area contributed by atoms with E-state index in [1.807, 2.05) is 12.1 Å². The summed E-state index contributed by atoms with van der Waals surface area (Å²) in [6.45, 7) is 3.39. The van der Waals surface area contributed by atoms with Gasteiger partial charge >= 0.3 is 0 Å². The Kier molecular flexibility index (Phi) is 7.64. The number of pyridine rings is 1. The van der Waals surface area contributed by atoms with Crippen LogP contribution in [0.2, 0.25) is 0 Å². The molecule has 0 aromatic carbocycles. The van der Waals surface area contributed by atoms with Crippen molar-refractivity contribution in [3.63, 3.8) is 0 Å². The predicted molar refractivity (Wildman–Crippen MR) is 85.5 cm³/mol. The fourth-order valence-electron chi connectivity index (χ4n) is 1.82. The minimum atomic E-state index is -1.30. The lowest BCUT2D eigenvalue weighted by Gasteiger charge is -2.27.